The van der Waals surface area contributed by atoms with Crippen molar-refractivity contribution in [2.75, 3.05) is 0 Å². The molecule has 1 atom stereocenters. The lowest BCUT2D eigenvalue weighted by atomic mass is 10.2. The van der Waals surface area contributed by atoms with Crippen LogP contribution >= 0.6 is 27.3 Å². The second-order valence-electron chi connectivity index (χ2n) is 3.56. The summed E-state index contributed by atoms with van der Waals surface area (Å²) in [5, 5.41) is 0. The van der Waals surface area contributed by atoms with Crippen molar-refractivity contribution in [3.63, 3.8) is 0 Å². The van der Waals surface area contributed by atoms with Gasteiger partial charge in [0.1, 0.15) is 0 Å². The largest absolute Gasteiger partial charge is 0.345 e. The number of nitrogens with zero attached hydrogens (tertiary/aromatic N) is 1. The summed E-state index contributed by atoms with van der Waals surface area (Å²) in [7, 11) is 0. The Hall–Kier alpha value is -0.580. The third kappa shape index (κ3) is 2.51. The summed E-state index contributed by atoms with van der Waals surface area (Å²) in [5.74, 6) is 0. The van der Waals surface area contributed by atoms with Gasteiger partial charge in [0.05, 0.1) is 10.3 Å². The lowest BCUT2D eigenvalue weighted by molar-refractivity contribution is 0.680. The maximum atomic E-state index is 5.89. The Morgan fingerprint density at radius 3 is 2.87 bits per heavy atom. The highest BCUT2D eigenvalue weighted by molar-refractivity contribution is 9.11. The zero-order chi connectivity index (χ0) is 10.8. The Balaban J connectivity index is 2.20. The average molecular weight is 285 g/mol. The van der Waals surface area contributed by atoms with Crippen LogP contribution in [0.5, 0.6) is 0 Å². The van der Waals surface area contributed by atoms with Crippen molar-refractivity contribution in [2.45, 2.75) is 19.5 Å². The Kier molecular flexibility index (Phi) is 3.29. The summed E-state index contributed by atoms with van der Waals surface area (Å²) in [6.07, 6.45) is 2.08. The molecule has 2 aromatic heterocycles. The van der Waals surface area contributed by atoms with Gasteiger partial charge in [0.2, 0.25) is 0 Å². The third-order valence-corrected chi connectivity index (χ3v) is 3.89. The fraction of sp³-hybridized carbons (Fsp3) is 0.273. The lowest BCUT2D eigenvalue weighted by Crippen LogP contribution is -2.11. The first-order valence-electron chi connectivity index (χ1n) is 4.81. The predicted molar refractivity (Wildman–Crippen MR) is 68.2 cm³/mol. The molecule has 0 spiro atoms. The normalized spacial score (nSPS) is 13.0. The lowest BCUT2D eigenvalue weighted by Gasteiger charge is -2.10. The van der Waals surface area contributed by atoms with E-state index in [1.165, 1.54) is 14.4 Å². The van der Waals surface area contributed by atoms with Gasteiger partial charge in [0, 0.05) is 22.8 Å². The highest BCUT2D eigenvalue weighted by Crippen LogP contribution is 2.23. The molecule has 15 heavy (non-hydrogen) atoms. The van der Waals surface area contributed by atoms with Crippen molar-refractivity contribution in [3.05, 3.63) is 44.8 Å². The van der Waals surface area contributed by atoms with E-state index in [2.05, 4.69) is 44.9 Å². The van der Waals surface area contributed by atoms with Crippen LogP contribution in [0, 0.1) is 0 Å². The number of rotatable bonds is 3. The van der Waals surface area contributed by atoms with E-state index < -0.39 is 0 Å². The Morgan fingerprint density at radius 2 is 2.27 bits per heavy atom. The van der Waals surface area contributed by atoms with Crippen molar-refractivity contribution in [1.29, 1.82) is 0 Å². The summed E-state index contributed by atoms with van der Waals surface area (Å²) in [4.78, 5) is 1.33. The number of aromatic nitrogens is 1. The Labute approximate surface area is 102 Å². The van der Waals surface area contributed by atoms with Gasteiger partial charge in [-0.1, -0.05) is 0 Å². The van der Waals surface area contributed by atoms with Crippen molar-refractivity contribution in [1.82, 2.24) is 4.57 Å². The molecule has 0 saturated carbocycles. The zero-order valence-electron chi connectivity index (χ0n) is 8.48. The first kappa shape index (κ1) is 10.9. The molecule has 0 aliphatic heterocycles. The number of hydrogen-bond acceptors (Lipinski definition) is 2. The molecule has 0 radical (unpaired) electrons. The molecular weight excluding hydrogens is 272 g/mol. The maximum Gasteiger partial charge on any atom is 0.0702 e. The molecule has 0 amide bonds. The second kappa shape index (κ2) is 4.51. The van der Waals surface area contributed by atoms with E-state index in [4.69, 9.17) is 5.73 Å². The van der Waals surface area contributed by atoms with Crippen LogP contribution in [0.4, 0.5) is 0 Å². The second-order valence-corrected chi connectivity index (χ2v) is 6.10. The van der Waals surface area contributed by atoms with Crippen molar-refractivity contribution in [2.24, 2.45) is 5.73 Å². The van der Waals surface area contributed by atoms with Gasteiger partial charge >= 0.3 is 0 Å². The summed E-state index contributed by atoms with van der Waals surface area (Å²) in [5.41, 5.74) is 7.07. The molecule has 4 heteroatoms. The van der Waals surface area contributed by atoms with Gasteiger partial charge in [-0.15, -0.1) is 11.3 Å². The van der Waals surface area contributed by atoms with Crippen LogP contribution < -0.4 is 5.73 Å². The minimum atomic E-state index is 0.0865. The SMILES string of the molecule is CC(N)c1cccn1Cc1ccc(Br)s1. The number of halogens is 1. The highest BCUT2D eigenvalue weighted by atomic mass is 79.9. The molecule has 0 fully saturated rings. The van der Waals surface area contributed by atoms with Crippen molar-refractivity contribution >= 4 is 27.3 Å². The van der Waals surface area contributed by atoms with Crippen LogP contribution in [-0.4, -0.2) is 4.57 Å². The van der Waals surface area contributed by atoms with Crippen molar-refractivity contribution in [3.8, 4) is 0 Å². The first-order valence-corrected chi connectivity index (χ1v) is 6.42. The van der Waals surface area contributed by atoms with E-state index >= 15 is 0 Å². The molecular formula is C11H13BrN2S. The summed E-state index contributed by atoms with van der Waals surface area (Å²) in [6.45, 7) is 2.91. The van der Waals surface area contributed by atoms with Gasteiger partial charge in [0.15, 0.2) is 0 Å². The zero-order valence-corrected chi connectivity index (χ0v) is 10.9. The summed E-state index contributed by atoms with van der Waals surface area (Å²) >= 11 is 5.23. The maximum absolute atomic E-state index is 5.89. The number of thiophene rings is 1. The molecule has 0 bridgehead atoms. The van der Waals surface area contributed by atoms with Gasteiger partial charge in [-0.05, 0) is 47.1 Å². The van der Waals surface area contributed by atoms with E-state index in [1.54, 1.807) is 11.3 Å². The molecule has 0 aromatic carbocycles. The van der Waals surface area contributed by atoms with Crippen LogP contribution in [0.25, 0.3) is 0 Å². The van der Waals surface area contributed by atoms with Gasteiger partial charge in [0.25, 0.3) is 0 Å². The molecule has 2 N–H and O–H groups in total. The molecule has 2 rings (SSSR count). The molecule has 80 valence electrons. The third-order valence-electron chi connectivity index (χ3n) is 2.29. The monoisotopic (exact) mass is 284 g/mol. The smallest absolute Gasteiger partial charge is 0.0702 e. The fourth-order valence-electron chi connectivity index (χ4n) is 1.59. The standard InChI is InChI=1S/C11H13BrN2S/c1-8(13)10-3-2-6-14(10)7-9-4-5-11(12)15-9/h2-6,8H,7,13H2,1H3. The number of hydrogen-bond donors (Lipinski definition) is 1. The van der Waals surface area contributed by atoms with Gasteiger partial charge in [-0.25, -0.2) is 0 Å². The average Bonchev–Trinajstić information content (AvgIpc) is 2.75. The molecule has 2 heterocycles. The van der Waals surface area contributed by atoms with E-state index in [0.29, 0.717) is 0 Å². The highest BCUT2D eigenvalue weighted by Gasteiger charge is 2.06. The number of nitrogens with two attached hydrogens (primary N) is 1. The van der Waals surface area contributed by atoms with Crippen LogP contribution in [0.3, 0.4) is 0 Å². The molecule has 0 saturated heterocycles. The van der Waals surface area contributed by atoms with E-state index in [-0.39, 0.29) is 6.04 Å². The minimum absolute atomic E-state index is 0.0865. The van der Waals surface area contributed by atoms with E-state index in [0.717, 1.165) is 6.54 Å². The Morgan fingerprint density at radius 1 is 1.47 bits per heavy atom. The van der Waals surface area contributed by atoms with Gasteiger partial charge < -0.3 is 10.3 Å². The molecule has 2 aromatic rings. The van der Waals surface area contributed by atoms with Crippen LogP contribution in [0.2, 0.25) is 0 Å². The van der Waals surface area contributed by atoms with Crippen molar-refractivity contribution < 1.29 is 0 Å². The van der Waals surface area contributed by atoms with Gasteiger partial charge in [-0.2, -0.15) is 0 Å². The minimum Gasteiger partial charge on any atom is -0.345 e. The first-order chi connectivity index (χ1) is 7.16. The van der Waals surface area contributed by atoms with Crippen LogP contribution in [-0.2, 0) is 6.54 Å². The summed E-state index contributed by atoms with van der Waals surface area (Å²) in [6, 6.07) is 8.42. The molecule has 2 nitrogen and oxygen atoms in total. The van der Waals surface area contributed by atoms with Crippen LogP contribution in [0.15, 0.2) is 34.2 Å². The topological polar surface area (TPSA) is 30.9 Å². The fourth-order valence-corrected chi connectivity index (χ4v) is 3.07. The molecule has 0 aliphatic rings. The quantitative estimate of drug-likeness (QED) is 0.920. The summed E-state index contributed by atoms with van der Waals surface area (Å²) < 4.78 is 3.37. The van der Waals surface area contributed by atoms with Crippen LogP contribution in [0.1, 0.15) is 23.5 Å². The van der Waals surface area contributed by atoms with E-state index in [9.17, 15) is 0 Å². The van der Waals surface area contributed by atoms with E-state index in [1.807, 2.05) is 13.0 Å². The molecule has 0 aliphatic carbocycles. The predicted octanol–water partition coefficient (Wildman–Crippen LogP) is 3.38. The Bertz CT molecular complexity index is 445. The van der Waals surface area contributed by atoms with Gasteiger partial charge in [-0.3, -0.25) is 0 Å². The molecule has 1 unspecified atom stereocenters.